The predicted octanol–water partition coefficient (Wildman–Crippen LogP) is 5.83. The van der Waals surface area contributed by atoms with Gasteiger partial charge in [0.25, 0.3) is 5.91 Å². The topological polar surface area (TPSA) is 74.1 Å². The molecular weight excluding hydrogens is 480 g/mol. The first-order valence-electron chi connectivity index (χ1n) is 11.3. The number of aliphatic imine (C=N–C) groups is 1. The van der Waals surface area contributed by atoms with Gasteiger partial charge in [0.15, 0.2) is 5.17 Å². The largest absolute Gasteiger partial charge is 0.326 e. The number of benzene rings is 3. The molecule has 2 amide bonds. The second-order valence-electron chi connectivity index (χ2n) is 8.49. The smallest absolute Gasteiger partial charge is 0.262 e. The van der Waals surface area contributed by atoms with E-state index in [1.54, 1.807) is 0 Å². The highest BCUT2D eigenvalue weighted by Crippen LogP contribution is 2.38. The molecule has 2 atom stereocenters. The number of carbonyl (C=O) groups excluding carboxylic acids is 2. The van der Waals surface area contributed by atoms with Gasteiger partial charge in [-0.15, -0.1) is 0 Å². The fraction of sp³-hybridized carbons (Fsp3) is 0.185. The van der Waals surface area contributed by atoms with Gasteiger partial charge in [-0.3, -0.25) is 9.59 Å². The van der Waals surface area contributed by atoms with E-state index in [0.29, 0.717) is 22.3 Å². The lowest BCUT2D eigenvalue weighted by Gasteiger charge is -2.23. The van der Waals surface area contributed by atoms with E-state index >= 15 is 0 Å². The van der Waals surface area contributed by atoms with E-state index in [0.717, 1.165) is 16.8 Å². The molecule has 0 saturated heterocycles. The molecule has 8 heteroatoms. The highest BCUT2D eigenvalue weighted by Gasteiger charge is 2.39. The Labute approximate surface area is 213 Å². The highest BCUT2D eigenvalue weighted by molar-refractivity contribution is 8.15. The van der Waals surface area contributed by atoms with Crippen molar-refractivity contribution in [2.75, 3.05) is 5.32 Å². The number of anilines is 1. The van der Waals surface area contributed by atoms with Crippen molar-refractivity contribution >= 4 is 51.7 Å². The van der Waals surface area contributed by atoms with Gasteiger partial charge in [-0.25, -0.2) is 5.01 Å². The zero-order valence-corrected chi connectivity index (χ0v) is 20.6. The maximum Gasteiger partial charge on any atom is 0.262 e. The first-order valence-corrected chi connectivity index (χ1v) is 12.6. The van der Waals surface area contributed by atoms with Crippen molar-refractivity contribution in [2.24, 2.45) is 10.1 Å². The number of aryl methyl sites for hydroxylation is 1. The van der Waals surface area contributed by atoms with Gasteiger partial charge in [-0.2, -0.15) is 10.1 Å². The first kappa shape index (κ1) is 23.3. The minimum absolute atomic E-state index is 0.0438. The van der Waals surface area contributed by atoms with Gasteiger partial charge >= 0.3 is 0 Å². The Morgan fingerprint density at radius 3 is 2.49 bits per heavy atom. The third-order valence-electron chi connectivity index (χ3n) is 5.90. The maximum atomic E-state index is 12.7. The molecule has 0 saturated carbocycles. The Kier molecular flexibility index (Phi) is 6.70. The van der Waals surface area contributed by atoms with Crippen LogP contribution in [0.1, 0.15) is 35.6 Å². The van der Waals surface area contributed by atoms with E-state index in [2.05, 4.69) is 34.6 Å². The molecule has 35 heavy (non-hydrogen) atoms. The molecule has 0 spiro atoms. The van der Waals surface area contributed by atoms with Crippen LogP contribution in [0.15, 0.2) is 89.0 Å². The standard InChI is InChI=1S/C27H23ClN4O2S/c1-17-7-9-19(10-8-17)23-15-22(18-11-13-20(28)14-12-18)31-32(23)27-30-26(34)24(35-27)16-25(33)29-21-5-3-2-4-6-21/h2-14,23-24H,15-16H2,1H3,(H,29,33). The molecule has 6 nitrogen and oxygen atoms in total. The molecule has 0 aromatic heterocycles. The van der Waals surface area contributed by atoms with Crippen LogP contribution in [0, 0.1) is 6.92 Å². The molecule has 1 N–H and O–H groups in total. The van der Waals surface area contributed by atoms with Gasteiger partial charge in [-0.05, 0) is 42.3 Å². The van der Waals surface area contributed by atoms with Gasteiger partial charge in [0.1, 0.15) is 5.25 Å². The number of halogens is 1. The number of rotatable bonds is 5. The SMILES string of the molecule is Cc1ccc(C2CC(c3ccc(Cl)cc3)=NN2C2=NC(=O)C(CC(=O)Nc3ccccc3)S2)cc1. The quantitative estimate of drug-likeness (QED) is 0.476. The van der Waals surface area contributed by atoms with Gasteiger partial charge in [0.2, 0.25) is 5.91 Å². The highest BCUT2D eigenvalue weighted by atomic mass is 35.5. The monoisotopic (exact) mass is 502 g/mol. The van der Waals surface area contributed by atoms with Crippen LogP contribution in [0.2, 0.25) is 5.02 Å². The maximum absolute atomic E-state index is 12.7. The number of para-hydroxylation sites is 1. The molecule has 3 aromatic carbocycles. The van der Waals surface area contributed by atoms with Crippen LogP contribution < -0.4 is 5.32 Å². The summed E-state index contributed by atoms with van der Waals surface area (Å²) in [6, 6.07) is 25.0. The van der Waals surface area contributed by atoms with Crippen LogP contribution in [-0.4, -0.2) is 33.0 Å². The summed E-state index contributed by atoms with van der Waals surface area (Å²) in [5.74, 6) is -0.536. The summed E-state index contributed by atoms with van der Waals surface area (Å²) in [6.07, 6.45) is 0.708. The fourth-order valence-corrected chi connectivity index (χ4v) is 5.25. The molecule has 2 aliphatic heterocycles. The second-order valence-corrected chi connectivity index (χ2v) is 10.1. The van der Waals surface area contributed by atoms with Crippen molar-refractivity contribution in [1.82, 2.24) is 5.01 Å². The first-order chi connectivity index (χ1) is 17.0. The summed E-state index contributed by atoms with van der Waals surface area (Å²) in [6.45, 7) is 2.05. The summed E-state index contributed by atoms with van der Waals surface area (Å²) in [5, 5.41) is 10.1. The third kappa shape index (κ3) is 5.31. The molecular formula is C27H23ClN4O2S. The normalized spacial score (nSPS) is 19.5. The van der Waals surface area contributed by atoms with E-state index in [1.165, 1.54) is 17.3 Å². The number of amidine groups is 1. The van der Waals surface area contributed by atoms with Gasteiger partial charge in [-0.1, -0.05) is 83.5 Å². The van der Waals surface area contributed by atoms with Crippen LogP contribution in [0.4, 0.5) is 5.69 Å². The average molecular weight is 503 g/mol. The van der Waals surface area contributed by atoms with Crippen molar-refractivity contribution < 1.29 is 9.59 Å². The van der Waals surface area contributed by atoms with Crippen LogP contribution in [0.5, 0.6) is 0 Å². The number of carbonyl (C=O) groups is 2. The van der Waals surface area contributed by atoms with Gasteiger partial charge in [0.05, 0.1) is 11.8 Å². The Hall–Kier alpha value is -3.42. The van der Waals surface area contributed by atoms with E-state index in [-0.39, 0.29) is 24.3 Å². The minimum atomic E-state index is -0.581. The summed E-state index contributed by atoms with van der Waals surface area (Å²) in [5.41, 5.74) is 4.83. The molecule has 3 aromatic rings. The van der Waals surface area contributed by atoms with Gasteiger partial charge in [0, 0.05) is 23.6 Å². The fourth-order valence-electron chi connectivity index (χ4n) is 4.06. The number of hydrazone groups is 1. The number of hydrogen-bond donors (Lipinski definition) is 1. The van der Waals surface area contributed by atoms with Crippen LogP contribution in [0.3, 0.4) is 0 Å². The number of amides is 2. The molecule has 176 valence electrons. The number of nitrogens with zero attached hydrogens (tertiary/aromatic N) is 3. The van der Waals surface area contributed by atoms with Crippen molar-refractivity contribution in [3.8, 4) is 0 Å². The Balaban J connectivity index is 1.36. The average Bonchev–Trinajstić information content (AvgIpc) is 3.45. The zero-order valence-electron chi connectivity index (χ0n) is 19.0. The molecule has 0 fully saturated rings. The number of hydrogen-bond acceptors (Lipinski definition) is 5. The van der Waals surface area contributed by atoms with E-state index in [4.69, 9.17) is 16.7 Å². The van der Waals surface area contributed by atoms with Crippen molar-refractivity contribution in [3.05, 3.63) is 101 Å². The number of nitrogens with one attached hydrogen (secondary N) is 1. The molecule has 2 aliphatic rings. The van der Waals surface area contributed by atoms with Crippen molar-refractivity contribution in [2.45, 2.75) is 31.1 Å². The summed E-state index contributed by atoms with van der Waals surface area (Å²) in [4.78, 5) is 29.6. The molecule has 0 aliphatic carbocycles. The minimum Gasteiger partial charge on any atom is -0.326 e. The number of thioether (sulfide) groups is 1. The zero-order chi connectivity index (χ0) is 24.4. The third-order valence-corrected chi connectivity index (χ3v) is 7.30. The van der Waals surface area contributed by atoms with Crippen molar-refractivity contribution in [3.63, 3.8) is 0 Å². The Bertz CT molecular complexity index is 1310. The Morgan fingerprint density at radius 2 is 1.77 bits per heavy atom. The molecule has 0 bridgehead atoms. The summed E-state index contributed by atoms with van der Waals surface area (Å²) in [7, 11) is 0. The lowest BCUT2D eigenvalue weighted by Crippen LogP contribution is -2.25. The van der Waals surface area contributed by atoms with Crippen LogP contribution in [-0.2, 0) is 9.59 Å². The van der Waals surface area contributed by atoms with Crippen LogP contribution in [0.25, 0.3) is 0 Å². The van der Waals surface area contributed by atoms with E-state index in [1.807, 2.05) is 66.5 Å². The molecule has 5 rings (SSSR count). The Morgan fingerprint density at radius 1 is 1.06 bits per heavy atom. The summed E-state index contributed by atoms with van der Waals surface area (Å²) < 4.78 is 0. The summed E-state index contributed by atoms with van der Waals surface area (Å²) >= 11 is 7.37. The molecule has 2 heterocycles. The molecule has 2 unspecified atom stereocenters. The van der Waals surface area contributed by atoms with E-state index < -0.39 is 5.25 Å². The lowest BCUT2D eigenvalue weighted by molar-refractivity contribution is -0.121. The van der Waals surface area contributed by atoms with Crippen LogP contribution >= 0.6 is 23.4 Å². The van der Waals surface area contributed by atoms with E-state index in [9.17, 15) is 9.59 Å². The second kappa shape index (κ2) is 10.1. The van der Waals surface area contributed by atoms with Gasteiger partial charge < -0.3 is 5.32 Å². The van der Waals surface area contributed by atoms with Crippen molar-refractivity contribution in [1.29, 1.82) is 0 Å². The predicted molar refractivity (Wildman–Crippen MR) is 142 cm³/mol. The molecule has 0 radical (unpaired) electrons. The lowest BCUT2D eigenvalue weighted by atomic mass is 9.98.